The Morgan fingerprint density at radius 2 is 2.32 bits per heavy atom. The summed E-state index contributed by atoms with van der Waals surface area (Å²) < 4.78 is 1.78. The Kier molecular flexibility index (Phi) is 4.25. The highest BCUT2D eigenvalue weighted by atomic mass is 16.2. The third kappa shape index (κ3) is 3.04. The van der Waals surface area contributed by atoms with Crippen LogP contribution in [0.3, 0.4) is 0 Å². The summed E-state index contributed by atoms with van der Waals surface area (Å²) in [6.45, 7) is 6.19. The summed E-state index contributed by atoms with van der Waals surface area (Å²) in [5.41, 5.74) is 3.15. The lowest BCUT2D eigenvalue weighted by atomic mass is 10.1. The second-order valence-corrected chi connectivity index (χ2v) is 6.95. The SMILES string of the molecule is Cc1ccnn1[C@@H](C)C(=O)N1CCc2nc([C@@H]3CCCN3)ncc2C1. The van der Waals surface area contributed by atoms with E-state index in [1.165, 1.54) is 6.42 Å². The van der Waals surface area contributed by atoms with Crippen LogP contribution in [0.5, 0.6) is 0 Å². The van der Waals surface area contributed by atoms with Gasteiger partial charge in [0, 0.05) is 43.2 Å². The predicted octanol–water partition coefficient (Wildman–Crippen LogP) is 1.55. The summed E-state index contributed by atoms with van der Waals surface area (Å²) in [7, 11) is 0. The maximum absolute atomic E-state index is 12.8. The third-order valence-corrected chi connectivity index (χ3v) is 5.23. The third-order valence-electron chi connectivity index (χ3n) is 5.23. The lowest BCUT2D eigenvalue weighted by Crippen LogP contribution is -2.40. The molecule has 2 atom stereocenters. The van der Waals surface area contributed by atoms with Crippen molar-refractivity contribution in [2.24, 2.45) is 0 Å². The molecule has 0 bridgehead atoms. The molecule has 0 saturated carbocycles. The van der Waals surface area contributed by atoms with Crippen molar-refractivity contribution in [2.75, 3.05) is 13.1 Å². The van der Waals surface area contributed by atoms with Gasteiger partial charge < -0.3 is 10.2 Å². The zero-order valence-electron chi connectivity index (χ0n) is 14.8. The van der Waals surface area contributed by atoms with E-state index in [-0.39, 0.29) is 18.0 Å². The second kappa shape index (κ2) is 6.55. The Morgan fingerprint density at radius 3 is 3.04 bits per heavy atom. The maximum atomic E-state index is 12.8. The number of nitrogens with one attached hydrogen (secondary N) is 1. The summed E-state index contributed by atoms with van der Waals surface area (Å²) in [6, 6.07) is 1.91. The molecule has 7 nitrogen and oxygen atoms in total. The van der Waals surface area contributed by atoms with Crippen molar-refractivity contribution < 1.29 is 4.79 Å². The Morgan fingerprint density at radius 1 is 1.44 bits per heavy atom. The summed E-state index contributed by atoms with van der Waals surface area (Å²) in [6.07, 6.45) is 6.70. The largest absolute Gasteiger partial charge is 0.336 e. The van der Waals surface area contributed by atoms with Gasteiger partial charge in [-0.15, -0.1) is 0 Å². The fraction of sp³-hybridized carbons (Fsp3) is 0.556. The normalized spacial score (nSPS) is 21.2. The van der Waals surface area contributed by atoms with Gasteiger partial charge in [-0.3, -0.25) is 9.48 Å². The molecular formula is C18H24N6O. The average Bonchev–Trinajstić information content (AvgIpc) is 3.31. The van der Waals surface area contributed by atoms with E-state index in [0.717, 1.165) is 42.2 Å². The molecule has 2 aromatic rings. The van der Waals surface area contributed by atoms with Crippen molar-refractivity contribution in [3.63, 3.8) is 0 Å². The molecule has 0 radical (unpaired) electrons. The van der Waals surface area contributed by atoms with Crippen LogP contribution in [0.25, 0.3) is 0 Å². The van der Waals surface area contributed by atoms with Crippen LogP contribution in [0.1, 0.15) is 54.6 Å². The maximum Gasteiger partial charge on any atom is 0.247 e. The fourth-order valence-electron chi connectivity index (χ4n) is 3.75. The molecule has 2 aliphatic heterocycles. The number of amides is 1. The van der Waals surface area contributed by atoms with Crippen molar-refractivity contribution in [1.82, 2.24) is 30.0 Å². The van der Waals surface area contributed by atoms with E-state index in [2.05, 4.69) is 15.4 Å². The topological polar surface area (TPSA) is 75.9 Å². The van der Waals surface area contributed by atoms with Crippen LogP contribution in [0.2, 0.25) is 0 Å². The van der Waals surface area contributed by atoms with Gasteiger partial charge >= 0.3 is 0 Å². The van der Waals surface area contributed by atoms with Gasteiger partial charge in [0.25, 0.3) is 0 Å². The first-order chi connectivity index (χ1) is 12.1. The van der Waals surface area contributed by atoms with Gasteiger partial charge in [0.1, 0.15) is 11.9 Å². The summed E-state index contributed by atoms with van der Waals surface area (Å²) in [5, 5.41) is 7.71. The van der Waals surface area contributed by atoms with E-state index in [9.17, 15) is 4.79 Å². The number of rotatable bonds is 3. The Hall–Kier alpha value is -2.28. The zero-order valence-corrected chi connectivity index (χ0v) is 14.8. The van der Waals surface area contributed by atoms with Crippen molar-refractivity contribution in [1.29, 1.82) is 0 Å². The van der Waals surface area contributed by atoms with Crippen LogP contribution in [0.15, 0.2) is 18.5 Å². The molecule has 25 heavy (non-hydrogen) atoms. The molecule has 4 heterocycles. The van der Waals surface area contributed by atoms with Gasteiger partial charge in [-0.1, -0.05) is 0 Å². The highest BCUT2D eigenvalue weighted by molar-refractivity contribution is 5.80. The Balaban J connectivity index is 1.49. The lowest BCUT2D eigenvalue weighted by molar-refractivity contribution is -0.135. The number of aromatic nitrogens is 4. The number of nitrogens with zero attached hydrogens (tertiary/aromatic N) is 5. The number of hydrogen-bond acceptors (Lipinski definition) is 5. The molecule has 2 aromatic heterocycles. The van der Waals surface area contributed by atoms with Crippen molar-refractivity contribution in [3.05, 3.63) is 41.2 Å². The van der Waals surface area contributed by atoms with Crippen LogP contribution in [0.4, 0.5) is 0 Å². The average molecular weight is 340 g/mol. The molecule has 1 N–H and O–H groups in total. The van der Waals surface area contributed by atoms with Crippen LogP contribution in [-0.4, -0.2) is 43.6 Å². The number of carbonyl (C=O) groups excluding carboxylic acids is 1. The first-order valence-electron chi connectivity index (χ1n) is 9.00. The minimum Gasteiger partial charge on any atom is -0.336 e. The molecule has 0 aromatic carbocycles. The smallest absolute Gasteiger partial charge is 0.247 e. The molecular weight excluding hydrogens is 316 g/mol. The van der Waals surface area contributed by atoms with Gasteiger partial charge in [0.2, 0.25) is 5.91 Å². The Bertz CT molecular complexity index is 780. The molecule has 0 spiro atoms. The van der Waals surface area contributed by atoms with E-state index >= 15 is 0 Å². The van der Waals surface area contributed by atoms with Gasteiger partial charge in [0.05, 0.1) is 11.7 Å². The van der Waals surface area contributed by atoms with Crippen LogP contribution in [-0.2, 0) is 17.8 Å². The van der Waals surface area contributed by atoms with E-state index in [0.29, 0.717) is 13.1 Å². The molecule has 4 rings (SSSR count). The molecule has 132 valence electrons. The van der Waals surface area contributed by atoms with Gasteiger partial charge in [0.15, 0.2) is 0 Å². The van der Waals surface area contributed by atoms with Crippen molar-refractivity contribution in [2.45, 2.75) is 51.7 Å². The standard InChI is InChI=1S/C18H24N6O/c1-12-5-8-21-24(12)13(2)18(25)23-9-6-15-14(11-23)10-20-17(22-15)16-4-3-7-19-16/h5,8,10,13,16,19H,3-4,6-7,9,11H2,1-2H3/t13-,16-/m0/s1. The molecule has 0 aliphatic carbocycles. The van der Waals surface area contributed by atoms with Crippen molar-refractivity contribution >= 4 is 5.91 Å². The summed E-state index contributed by atoms with van der Waals surface area (Å²) in [4.78, 5) is 24.1. The summed E-state index contributed by atoms with van der Waals surface area (Å²) >= 11 is 0. The van der Waals surface area contributed by atoms with E-state index < -0.39 is 0 Å². The lowest BCUT2D eigenvalue weighted by Gasteiger charge is -2.31. The van der Waals surface area contributed by atoms with Crippen LogP contribution < -0.4 is 5.32 Å². The van der Waals surface area contributed by atoms with Gasteiger partial charge in [-0.2, -0.15) is 5.10 Å². The van der Waals surface area contributed by atoms with Crippen LogP contribution in [0, 0.1) is 6.92 Å². The van der Waals surface area contributed by atoms with Crippen molar-refractivity contribution in [3.8, 4) is 0 Å². The van der Waals surface area contributed by atoms with Crippen LogP contribution >= 0.6 is 0 Å². The molecule has 0 unspecified atom stereocenters. The number of hydrogen-bond donors (Lipinski definition) is 1. The van der Waals surface area contributed by atoms with Gasteiger partial charge in [-0.05, 0) is 39.3 Å². The number of fused-ring (bicyclic) bond motifs is 1. The fourth-order valence-corrected chi connectivity index (χ4v) is 3.75. The number of carbonyl (C=O) groups is 1. The second-order valence-electron chi connectivity index (χ2n) is 6.95. The summed E-state index contributed by atoms with van der Waals surface area (Å²) in [5.74, 6) is 0.996. The first-order valence-corrected chi connectivity index (χ1v) is 9.00. The highest BCUT2D eigenvalue weighted by Crippen LogP contribution is 2.24. The minimum atomic E-state index is -0.292. The zero-order chi connectivity index (χ0) is 17.4. The molecule has 1 saturated heterocycles. The molecule has 1 fully saturated rings. The van der Waals surface area contributed by atoms with Gasteiger partial charge in [-0.25, -0.2) is 9.97 Å². The monoisotopic (exact) mass is 340 g/mol. The van der Waals surface area contributed by atoms with E-state index in [1.807, 2.05) is 31.0 Å². The predicted molar refractivity (Wildman–Crippen MR) is 92.8 cm³/mol. The Labute approximate surface area is 147 Å². The van der Waals surface area contributed by atoms with E-state index in [4.69, 9.17) is 4.98 Å². The highest BCUT2D eigenvalue weighted by Gasteiger charge is 2.28. The number of aryl methyl sites for hydroxylation is 1. The molecule has 7 heteroatoms. The molecule has 2 aliphatic rings. The van der Waals surface area contributed by atoms with E-state index in [1.54, 1.807) is 10.9 Å². The minimum absolute atomic E-state index is 0.0963. The quantitative estimate of drug-likeness (QED) is 0.917. The molecule has 1 amide bonds. The first kappa shape index (κ1) is 16.2.